The number of nitrogens with zero attached hydrogens (tertiary/aromatic N) is 1. The molecule has 2 aromatic rings. The summed E-state index contributed by atoms with van der Waals surface area (Å²) in [5.41, 5.74) is 1.98. The van der Waals surface area contributed by atoms with Crippen molar-refractivity contribution in [3.05, 3.63) is 71.3 Å². The molecule has 1 amide bonds. The van der Waals surface area contributed by atoms with Crippen LogP contribution in [0, 0.1) is 0 Å². The standard InChI is InChI=1S/C21H23NO4/c23-20(17-6-8-18(9-7-17)21(24)25)22-13-10-19(11-14-22)26-15-12-16-4-2-1-3-5-16/h1-9,19H,10-15H2,(H,24,25). The first kappa shape index (κ1) is 18.1. The second-order valence-electron chi connectivity index (χ2n) is 6.48. The van der Waals surface area contributed by atoms with Crippen molar-refractivity contribution in [3.8, 4) is 0 Å². The molecular formula is C21H23NO4. The zero-order valence-corrected chi connectivity index (χ0v) is 14.6. The van der Waals surface area contributed by atoms with E-state index in [0.29, 0.717) is 25.3 Å². The van der Waals surface area contributed by atoms with Gasteiger partial charge in [-0.25, -0.2) is 4.79 Å². The van der Waals surface area contributed by atoms with Gasteiger partial charge in [0.1, 0.15) is 0 Å². The van der Waals surface area contributed by atoms with Gasteiger partial charge in [0, 0.05) is 18.7 Å². The Kier molecular flexibility index (Phi) is 6.02. The fourth-order valence-corrected chi connectivity index (χ4v) is 3.15. The molecule has 5 heteroatoms. The Bertz CT molecular complexity index is 734. The first-order valence-electron chi connectivity index (χ1n) is 8.91. The van der Waals surface area contributed by atoms with E-state index in [4.69, 9.17) is 9.84 Å². The number of ether oxygens (including phenoxy) is 1. The first-order chi connectivity index (χ1) is 12.6. The lowest BCUT2D eigenvalue weighted by Crippen LogP contribution is -2.41. The third-order valence-electron chi connectivity index (χ3n) is 4.70. The summed E-state index contributed by atoms with van der Waals surface area (Å²) in [6.07, 6.45) is 2.74. The van der Waals surface area contributed by atoms with Crippen LogP contribution in [0.2, 0.25) is 0 Å². The molecule has 1 saturated heterocycles. The van der Waals surface area contributed by atoms with Crippen molar-refractivity contribution >= 4 is 11.9 Å². The molecule has 2 aromatic carbocycles. The summed E-state index contributed by atoms with van der Waals surface area (Å²) in [6, 6.07) is 16.4. The molecule has 0 bridgehead atoms. The number of rotatable bonds is 6. The summed E-state index contributed by atoms with van der Waals surface area (Å²) in [4.78, 5) is 25.2. The van der Waals surface area contributed by atoms with Gasteiger partial charge < -0.3 is 14.7 Å². The number of carboxylic acid groups (broad SMARTS) is 1. The summed E-state index contributed by atoms with van der Waals surface area (Å²) in [7, 11) is 0. The summed E-state index contributed by atoms with van der Waals surface area (Å²) < 4.78 is 5.96. The van der Waals surface area contributed by atoms with Crippen LogP contribution in [0.25, 0.3) is 0 Å². The smallest absolute Gasteiger partial charge is 0.335 e. The number of hydrogen-bond donors (Lipinski definition) is 1. The number of amides is 1. The molecule has 1 aliphatic rings. The lowest BCUT2D eigenvalue weighted by molar-refractivity contribution is 0.0100. The maximum atomic E-state index is 12.5. The summed E-state index contributed by atoms with van der Waals surface area (Å²) in [5, 5.41) is 8.93. The third kappa shape index (κ3) is 4.70. The fourth-order valence-electron chi connectivity index (χ4n) is 3.15. The average molecular weight is 353 g/mol. The number of piperidine rings is 1. The first-order valence-corrected chi connectivity index (χ1v) is 8.91. The minimum absolute atomic E-state index is 0.0512. The molecule has 0 atom stereocenters. The number of carboxylic acids is 1. The molecule has 26 heavy (non-hydrogen) atoms. The van der Waals surface area contributed by atoms with E-state index in [1.807, 2.05) is 23.1 Å². The Morgan fingerprint density at radius 2 is 1.58 bits per heavy atom. The largest absolute Gasteiger partial charge is 0.478 e. The molecule has 0 aromatic heterocycles. The van der Waals surface area contributed by atoms with Crippen LogP contribution in [0.3, 0.4) is 0 Å². The van der Waals surface area contributed by atoms with E-state index in [0.717, 1.165) is 19.3 Å². The van der Waals surface area contributed by atoms with Crippen molar-refractivity contribution in [1.29, 1.82) is 0 Å². The molecule has 0 radical (unpaired) electrons. The van der Waals surface area contributed by atoms with Gasteiger partial charge in [-0.2, -0.15) is 0 Å². The number of hydrogen-bond acceptors (Lipinski definition) is 3. The molecule has 1 aliphatic heterocycles. The molecule has 5 nitrogen and oxygen atoms in total. The van der Waals surface area contributed by atoms with E-state index in [2.05, 4.69) is 12.1 Å². The monoisotopic (exact) mass is 353 g/mol. The highest BCUT2D eigenvalue weighted by molar-refractivity contribution is 5.95. The third-order valence-corrected chi connectivity index (χ3v) is 4.70. The summed E-state index contributed by atoms with van der Waals surface area (Å²) >= 11 is 0. The highest BCUT2D eigenvalue weighted by atomic mass is 16.5. The zero-order valence-electron chi connectivity index (χ0n) is 14.6. The number of aromatic carboxylic acids is 1. The van der Waals surface area contributed by atoms with Crippen molar-refractivity contribution in [1.82, 2.24) is 4.90 Å². The van der Waals surface area contributed by atoms with Crippen LogP contribution < -0.4 is 0 Å². The molecule has 0 unspecified atom stereocenters. The lowest BCUT2D eigenvalue weighted by atomic mass is 10.1. The molecule has 0 spiro atoms. The minimum Gasteiger partial charge on any atom is -0.478 e. The molecule has 1 fully saturated rings. The maximum Gasteiger partial charge on any atom is 0.335 e. The van der Waals surface area contributed by atoms with Gasteiger partial charge in [-0.3, -0.25) is 4.79 Å². The molecule has 1 heterocycles. The van der Waals surface area contributed by atoms with Crippen molar-refractivity contribution in [2.24, 2.45) is 0 Å². The van der Waals surface area contributed by atoms with Gasteiger partial charge in [0.25, 0.3) is 5.91 Å². The van der Waals surface area contributed by atoms with Gasteiger partial charge in [0.05, 0.1) is 18.3 Å². The molecule has 0 aliphatic carbocycles. The van der Waals surface area contributed by atoms with Crippen LogP contribution in [0.15, 0.2) is 54.6 Å². The minimum atomic E-state index is -0.988. The van der Waals surface area contributed by atoms with Crippen LogP contribution in [0.4, 0.5) is 0 Å². The molecule has 0 saturated carbocycles. The van der Waals surface area contributed by atoms with Crippen LogP contribution in [-0.4, -0.2) is 47.7 Å². The predicted molar refractivity (Wildman–Crippen MR) is 98.4 cm³/mol. The quantitative estimate of drug-likeness (QED) is 0.866. The van der Waals surface area contributed by atoms with Gasteiger partial charge in [0.15, 0.2) is 0 Å². The second-order valence-corrected chi connectivity index (χ2v) is 6.48. The van der Waals surface area contributed by atoms with E-state index >= 15 is 0 Å². The van der Waals surface area contributed by atoms with E-state index in [9.17, 15) is 9.59 Å². The molecule has 3 rings (SSSR count). The zero-order chi connectivity index (χ0) is 18.4. The number of benzene rings is 2. The number of carbonyl (C=O) groups is 2. The predicted octanol–water partition coefficient (Wildman–Crippen LogP) is 3.25. The highest BCUT2D eigenvalue weighted by Gasteiger charge is 2.24. The van der Waals surface area contributed by atoms with Crippen molar-refractivity contribution < 1.29 is 19.4 Å². The Balaban J connectivity index is 1.44. The van der Waals surface area contributed by atoms with Crippen molar-refractivity contribution in [2.75, 3.05) is 19.7 Å². The van der Waals surface area contributed by atoms with Gasteiger partial charge in [-0.15, -0.1) is 0 Å². The maximum absolute atomic E-state index is 12.5. The van der Waals surface area contributed by atoms with Crippen LogP contribution in [0.1, 0.15) is 39.1 Å². The van der Waals surface area contributed by atoms with Crippen molar-refractivity contribution in [2.45, 2.75) is 25.4 Å². The van der Waals surface area contributed by atoms with Crippen LogP contribution >= 0.6 is 0 Å². The Morgan fingerprint density at radius 3 is 2.19 bits per heavy atom. The van der Waals surface area contributed by atoms with E-state index in [1.165, 1.54) is 17.7 Å². The second kappa shape index (κ2) is 8.63. The van der Waals surface area contributed by atoms with E-state index in [-0.39, 0.29) is 17.6 Å². The van der Waals surface area contributed by atoms with Gasteiger partial charge in [-0.1, -0.05) is 30.3 Å². The number of likely N-dealkylation sites (tertiary alicyclic amines) is 1. The van der Waals surface area contributed by atoms with Gasteiger partial charge in [-0.05, 0) is 49.1 Å². The topological polar surface area (TPSA) is 66.8 Å². The molecule has 1 N–H and O–H groups in total. The lowest BCUT2D eigenvalue weighted by Gasteiger charge is -2.32. The Morgan fingerprint density at radius 1 is 0.962 bits per heavy atom. The van der Waals surface area contributed by atoms with E-state index in [1.54, 1.807) is 12.1 Å². The summed E-state index contributed by atoms with van der Waals surface area (Å²) in [5.74, 6) is -1.04. The molecule has 136 valence electrons. The van der Waals surface area contributed by atoms with E-state index < -0.39 is 5.97 Å². The Labute approximate surface area is 153 Å². The Hall–Kier alpha value is -2.66. The van der Waals surface area contributed by atoms with Gasteiger partial charge in [0.2, 0.25) is 0 Å². The number of carbonyl (C=O) groups excluding carboxylic acids is 1. The fraction of sp³-hybridized carbons (Fsp3) is 0.333. The normalized spacial score (nSPS) is 15.0. The highest BCUT2D eigenvalue weighted by Crippen LogP contribution is 2.17. The SMILES string of the molecule is O=C(O)c1ccc(C(=O)N2CCC(OCCc3ccccc3)CC2)cc1. The van der Waals surface area contributed by atoms with Gasteiger partial charge >= 0.3 is 5.97 Å². The average Bonchev–Trinajstić information content (AvgIpc) is 2.69. The van der Waals surface area contributed by atoms with Crippen LogP contribution in [0.5, 0.6) is 0 Å². The summed E-state index contributed by atoms with van der Waals surface area (Å²) in [6.45, 7) is 2.02. The van der Waals surface area contributed by atoms with Crippen LogP contribution in [-0.2, 0) is 11.2 Å². The van der Waals surface area contributed by atoms with Crippen molar-refractivity contribution in [3.63, 3.8) is 0 Å². The molecular weight excluding hydrogens is 330 g/mol.